The maximum Gasteiger partial charge on any atom is 0.357 e. The van der Waals surface area contributed by atoms with Crippen molar-refractivity contribution >= 4 is 5.97 Å². The van der Waals surface area contributed by atoms with Gasteiger partial charge in [0.2, 0.25) is 0 Å². The Bertz CT molecular complexity index is 385. The summed E-state index contributed by atoms with van der Waals surface area (Å²) in [6.45, 7) is 1.06. The molecule has 0 spiro atoms. The fraction of sp³-hybridized carbons (Fsp3) is 0.462. The second kappa shape index (κ2) is 5.95. The van der Waals surface area contributed by atoms with Gasteiger partial charge in [-0.3, -0.25) is 0 Å². The van der Waals surface area contributed by atoms with Crippen LogP contribution in [-0.4, -0.2) is 40.6 Å². The Kier molecular flexibility index (Phi) is 4.30. The summed E-state index contributed by atoms with van der Waals surface area (Å²) >= 11 is 0. The third-order valence-corrected chi connectivity index (χ3v) is 3.14. The Labute approximate surface area is 106 Å². The molecule has 0 saturated carbocycles. The third-order valence-electron chi connectivity index (χ3n) is 3.14. The number of hydrogen-bond donors (Lipinski definition) is 2. The number of carbonyl (C=O) groups is 1. The van der Waals surface area contributed by atoms with Crippen LogP contribution >= 0.6 is 0 Å². The molecule has 18 heavy (non-hydrogen) atoms. The minimum absolute atomic E-state index is 0.128. The number of aliphatic hydroxyl groups is 2. The molecule has 5 nitrogen and oxygen atoms in total. The first-order valence-electron chi connectivity index (χ1n) is 6.05. The Morgan fingerprint density at radius 3 is 2.39 bits per heavy atom. The molecule has 1 saturated heterocycles. The molecule has 1 aliphatic rings. The predicted molar refractivity (Wildman–Crippen MR) is 64.4 cm³/mol. The van der Waals surface area contributed by atoms with Gasteiger partial charge >= 0.3 is 5.97 Å². The number of aliphatic hydroxyl groups excluding tert-OH is 1. The molecule has 1 aromatic carbocycles. The molecular formula is C13H17NO4. The molecule has 0 radical (unpaired) electrons. The maximum absolute atomic E-state index is 11.8. The summed E-state index contributed by atoms with van der Waals surface area (Å²) in [7, 11) is 0. The maximum atomic E-state index is 11.8. The zero-order valence-corrected chi connectivity index (χ0v) is 10.0. The average molecular weight is 251 g/mol. The summed E-state index contributed by atoms with van der Waals surface area (Å²) in [6.07, 6.45) is -0.0589. The lowest BCUT2D eigenvalue weighted by atomic mass is 9.97. The SMILES string of the molecule is O=C(ON1CCC(C(O)O)CC1)c1ccccc1. The van der Waals surface area contributed by atoms with Gasteiger partial charge in [-0.15, -0.1) is 5.06 Å². The summed E-state index contributed by atoms with van der Waals surface area (Å²) in [4.78, 5) is 17.0. The molecule has 1 aliphatic heterocycles. The first kappa shape index (κ1) is 13.0. The van der Waals surface area contributed by atoms with Crippen LogP contribution in [0.3, 0.4) is 0 Å². The van der Waals surface area contributed by atoms with Gasteiger partial charge in [0.1, 0.15) is 0 Å². The van der Waals surface area contributed by atoms with Crippen molar-refractivity contribution in [2.75, 3.05) is 13.1 Å². The van der Waals surface area contributed by atoms with E-state index in [0.717, 1.165) is 0 Å². The zero-order chi connectivity index (χ0) is 13.0. The molecule has 0 unspecified atom stereocenters. The lowest BCUT2D eigenvalue weighted by Crippen LogP contribution is -2.38. The number of rotatable bonds is 3. The van der Waals surface area contributed by atoms with Gasteiger partial charge < -0.3 is 15.1 Å². The van der Waals surface area contributed by atoms with E-state index in [1.807, 2.05) is 6.07 Å². The van der Waals surface area contributed by atoms with E-state index < -0.39 is 6.29 Å². The normalized spacial score (nSPS) is 17.9. The van der Waals surface area contributed by atoms with Crippen LogP contribution in [0.2, 0.25) is 0 Å². The number of nitrogens with zero attached hydrogens (tertiary/aromatic N) is 1. The standard InChI is InChI=1S/C13H17NO4/c15-12(16)10-6-8-14(9-7-10)18-13(17)11-4-2-1-3-5-11/h1-5,10,12,15-16H,6-9H2. The smallest absolute Gasteiger partial charge is 0.357 e. The van der Waals surface area contributed by atoms with Gasteiger partial charge in [0, 0.05) is 19.0 Å². The number of hydrogen-bond acceptors (Lipinski definition) is 5. The fourth-order valence-corrected chi connectivity index (χ4v) is 2.01. The highest BCUT2D eigenvalue weighted by molar-refractivity contribution is 5.89. The Morgan fingerprint density at radius 2 is 1.83 bits per heavy atom. The highest BCUT2D eigenvalue weighted by Gasteiger charge is 2.26. The molecule has 1 fully saturated rings. The molecule has 5 heteroatoms. The molecule has 0 amide bonds. The first-order valence-corrected chi connectivity index (χ1v) is 6.05. The highest BCUT2D eigenvalue weighted by Crippen LogP contribution is 2.20. The van der Waals surface area contributed by atoms with E-state index in [9.17, 15) is 4.79 Å². The molecule has 0 aromatic heterocycles. The van der Waals surface area contributed by atoms with Gasteiger partial charge in [0.15, 0.2) is 6.29 Å². The van der Waals surface area contributed by atoms with E-state index in [2.05, 4.69) is 0 Å². The molecule has 2 rings (SSSR count). The summed E-state index contributed by atoms with van der Waals surface area (Å²) in [5.41, 5.74) is 0.516. The lowest BCUT2D eigenvalue weighted by Gasteiger charge is -2.31. The van der Waals surface area contributed by atoms with Gasteiger partial charge in [-0.25, -0.2) is 4.79 Å². The van der Waals surface area contributed by atoms with Crippen molar-refractivity contribution in [3.63, 3.8) is 0 Å². The van der Waals surface area contributed by atoms with Crippen molar-refractivity contribution < 1.29 is 19.8 Å². The van der Waals surface area contributed by atoms with Gasteiger partial charge in [0.05, 0.1) is 5.56 Å². The number of carbonyl (C=O) groups excluding carboxylic acids is 1. The van der Waals surface area contributed by atoms with Crippen LogP contribution in [0.25, 0.3) is 0 Å². The van der Waals surface area contributed by atoms with Crippen molar-refractivity contribution in [1.82, 2.24) is 5.06 Å². The lowest BCUT2D eigenvalue weighted by molar-refractivity contribution is -0.155. The monoisotopic (exact) mass is 251 g/mol. The molecule has 1 heterocycles. The Hall–Kier alpha value is -1.43. The fourth-order valence-electron chi connectivity index (χ4n) is 2.01. The molecule has 0 aliphatic carbocycles. The minimum Gasteiger partial charge on any atom is -0.368 e. The van der Waals surface area contributed by atoms with Crippen LogP contribution in [0.1, 0.15) is 23.2 Å². The molecule has 0 bridgehead atoms. The summed E-state index contributed by atoms with van der Waals surface area (Å²) in [5, 5.41) is 19.7. The van der Waals surface area contributed by atoms with E-state index >= 15 is 0 Å². The van der Waals surface area contributed by atoms with E-state index in [-0.39, 0.29) is 11.9 Å². The van der Waals surface area contributed by atoms with E-state index in [0.29, 0.717) is 31.5 Å². The Balaban J connectivity index is 1.83. The number of benzene rings is 1. The number of piperidine rings is 1. The molecule has 98 valence electrons. The molecule has 2 N–H and O–H groups in total. The average Bonchev–Trinajstić information content (AvgIpc) is 2.40. The van der Waals surface area contributed by atoms with Crippen LogP contribution in [0.4, 0.5) is 0 Å². The van der Waals surface area contributed by atoms with Crippen LogP contribution in [0.15, 0.2) is 30.3 Å². The highest BCUT2D eigenvalue weighted by atomic mass is 16.7. The van der Waals surface area contributed by atoms with E-state index in [4.69, 9.17) is 15.1 Å². The van der Waals surface area contributed by atoms with Gasteiger partial charge in [-0.2, -0.15) is 0 Å². The number of hydroxylamine groups is 2. The van der Waals surface area contributed by atoms with Gasteiger partial charge in [-0.1, -0.05) is 18.2 Å². The second-order valence-electron chi connectivity index (χ2n) is 4.42. The van der Waals surface area contributed by atoms with Crippen molar-refractivity contribution in [2.45, 2.75) is 19.1 Å². The third kappa shape index (κ3) is 3.29. The van der Waals surface area contributed by atoms with Crippen molar-refractivity contribution in [2.24, 2.45) is 5.92 Å². The van der Waals surface area contributed by atoms with Crippen LogP contribution in [-0.2, 0) is 4.84 Å². The van der Waals surface area contributed by atoms with Crippen molar-refractivity contribution in [3.05, 3.63) is 35.9 Å². The summed E-state index contributed by atoms with van der Waals surface area (Å²) in [6, 6.07) is 8.81. The summed E-state index contributed by atoms with van der Waals surface area (Å²) < 4.78 is 0. The summed E-state index contributed by atoms with van der Waals surface area (Å²) in [5.74, 6) is -0.504. The quantitative estimate of drug-likeness (QED) is 0.777. The van der Waals surface area contributed by atoms with Crippen molar-refractivity contribution in [1.29, 1.82) is 0 Å². The van der Waals surface area contributed by atoms with Crippen LogP contribution in [0, 0.1) is 5.92 Å². The van der Waals surface area contributed by atoms with Crippen molar-refractivity contribution in [3.8, 4) is 0 Å². The first-order chi connectivity index (χ1) is 8.66. The topological polar surface area (TPSA) is 70.0 Å². The predicted octanol–water partition coefficient (Wildman–Crippen LogP) is 0.781. The van der Waals surface area contributed by atoms with Crippen LogP contribution in [0.5, 0.6) is 0 Å². The van der Waals surface area contributed by atoms with E-state index in [1.165, 1.54) is 0 Å². The molecular weight excluding hydrogens is 234 g/mol. The van der Waals surface area contributed by atoms with Crippen LogP contribution < -0.4 is 0 Å². The van der Waals surface area contributed by atoms with Gasteiger partial charge in [-0.05, 0) is 25.0 Å². The minimum atomic E-state index is -1.28. The van der Waals surface area contributed by atoms with Gasteiger partial charge in [0.25, 0.3) is 0 Å². The largest absolute Gasteiger partial charge is 0.368 e. The Morgan fingerprint density at radius 1 is 1.22 bits per heavy atom. The van der Waals surface area contributed by atoms with E-state index in [1.54, 1.807) is 29.3 Å². The molecule has 1 aromatic rings. The molecule has 0 atom stereocenters. The zero-order valence-electron chi connectivity index (χ0n) is 10.0. The second-order valence-corrected chi connectivity index (χ2v) is 4.42.